The highest BCUT2D eigenvalue weighted by Gasteiger charge is 2.33. The minimum absolute atomic E-state index is 0.0119. The van der Waals surface area contributed by atoms with Crippen LogP contribution >= 0.6 is 27.7 Å². The topological polar surface area (TPSA) is 107 Å². The SMILES string of the molecule is COc1ccc(C(=O)NCc2nnc(SCC(=O)Nc3ccccc3C(F)(F)F)n2-c2ccc(Br)cc2)cc1OC. The molecule has 2 N–H and O–H groups in total. The summed E-state index contributed by atoms with van der Waals surface area (Å²) in [5, 5.41) is 13.8. The van der Waals surface area contributed by atoms with E-state index in [0.717, 1.165) is 22.3 Å². The Balaban J connectivity index is 1.51. The highest BCUT2D eigenvalue weighted by molar-refractivity contribution is 9.10. The number of rotatable bonds is 10. The first-order valence-electron chi connectivity index (χ1n) is 11.9. The molecule has 1 heterocycles. The number of para-hydroxylation sites is 1. The fourth-order valence-electron chi connectivity index (χ4n) is 3.75. The molecular weight excluding hydrogens is 627 g/mol. The Labute approximate surface area is 245 Å². The van der Waals surface area contributed by atoms with Crippen molar-refractivity contribution < 1.29 is 32.2 Å². The summed E-state index contributed by atoms with van der Waals surface area (Å²) in [6, 6.07) is 16.7. The van der Waals surface area contributed by atoms with Crippen LogP contribution in [-0.4, -0.2) is 46.6 Å². The van der Waals surface area contributed by atoms with Crippen molar-refractivity contribution in [2.45, 2.75) is 17.9 Å². The second-order valence-electron chi connectivity index (χ2n) is 8.34. The van der Waals surface area contributed by atoms with Crippen LogP contribution in [-0.2, 0) is 17.5 Å². The molecule has 0 fully saturated rings. The minimum atomic E-state index is -4.62. The second kappa shape index (κ2) is 13.1. The highest BCUT2D eigenvalue weighted by Crippen LogP contribution is 2.35. The van der Waals surface area contributed by atoms with Gasteiger partial charge in [0.25, 0.3) is 5.91 Å². The fourth-order valence-corrected chi connectivity index (χ4v) is 4.79. The van der Waals surface area contributed by atoms with E-state index in [1.54, 1.807) is 47.0 Å². The number of benzene rings is 3. The van der Waals surface area contributed by atoms with Gasteiger partial charge >= 0.3 is 6.18 Å². The lowest BCUT2D eigenvalue weighted by molar-refractivity contribution is -0.137. The second-order valence-corrected chi connectivity index (χ2v) is 10.2. The van der Waals surface area contributed by atoms with Crippen molar-refractivity contribution in [1.82, 2.24) is 20.1 Å². The summed E-state index contributed by atoms with van der Waals surface area (Å²) in [6.45, 7) is -0.0119. The largest absolute Gasteiger partial charge is 0.493 e. The third-order valence-electron chi connectivity index (χ3n) is 5.68. The molecule has 0 spiro atoms. The Hall–Kier alpha value is -4.04. The van der Waals surface area contributed by atoms with Crippen LogP contribution in [0.3, 0.4) is 0 Å². The molecule has 0 aliphatic carbocycles. The highest BCUT2D eigenvalue weighted by atomic mass is 79.9. The Morgan fingerprint density at radius 2 is 1.68 bits per heavy atom. The number of nitrogens with zero attached hydrogens (tertiary/aromatic N) is 3. The van der Waals surface area contributed by atoms with Gasteiger partial charge in [0.05, 0.1) is 37.8 Å². The van der Waals surface area contributed by atoms with E-state index in [1.807, 2.05) is 0 Å². The number of anilines is 1. The lowest BCUT2D eigenvalue weighted by atomic mass is 10.1. The number of alkyl halides is 3. The summed E-state index contributed by atoms with van der Waals surface area (Å²) >= 11 is 4.38. The van der Waals surface area contributed by atoms with Gasteiger partial charge < -0.3 is 20.1 Å². The zero-order valence-electron chi connectivity index (χ0n) is 21.7. The maximum atomic E-state index is 13.3. The van der Waals surface area contributed by atoms with Gasteiger partial charge in [-0.25, -0.2) is 0 Å². The van der Waals surface area contributed by atoms with Gasteiger partial charge in [0.2, 0.25) is 5.91 Å². The summed E-state index contributed by atoms with van der Waals surface area (Å²) in [7, 11) is 2.96. The molecule has 214 valence electrons. The van der Waals surface area contributed by atoms with Crippen molar-refractivity contribution >= 4 is 45.2 Å². The zero-order chi connectivity index (χ0) is 29.6. The summed E-state index contributed by atoms with van der Waals surface area (Å²) in [5.41, 5.74) is -0.288. The smallest absolute Gasteiger partial charge is 0.418 e. The number of aromatic nitrogens is 3. The van der Waals surface area contributed by atoms with E-state index in [0.29, 0.717) is 33.7 Å². The normalized spacial score (nSPS) is 11.2. The number of methoxy groups -OCH3 is 2. The van der Waals surface area contributed by atoms with Gasteiger partial charge in [-0.15, -0.1) is 10.2 Å². The van der Waals surface area contributed by atoms with Gasteiger partial charge in [0.15, 0.2) is 22.5 Å². The van der Waals surface area contributed by atoms with E-state index in [2.05, 4.69) is 36.8 Å². The van der Waals surface area contributed by atoms with Gasteiger partial charge in [0.1, 0.15) is 0 Å². The minimum Gasteiger partial charge on any atom is -0.493 e. The number of ether oxygens (including phenoxy) is 2. The lowest BCUT2D eigenvalue weighted by Crippen LogP contribution is -2.24. The predicted octanol–water partition coefficient (Wildman–Crippen LogP) is 5.73. The molecule has 4 aromatic rings. The third-order valence-corrected chi connectivity index (χ3v) is 7.13. The lowest BCUT2D eigenvalue weighted by Gasteiger charge is -2.14. The van der Waals surface area contributed by atoms with Gasteiger partial charge in [0, 0.05) is 15.7 Å². The molecule has 14 heteroatoms. The quantitative estimate of drug-likeness (QED) is 0.211. The first-order chi connectivity index (χ1) is 19.6. The molecule has 1 aromatic heterocycles. The summed E-state index contributed by atoms with van der Waals surface area (Å²) in [4.78, 5) is 25.5. The zero-order valence-corrected chi connectivity index (χ0v) is 24.1. The first kappa shape index (κ1) is 29.9. The molecule has 2 amide bonds. The molecule has 0 unspecified atom stereocenters. The number of carbonyl (C=O) groups is 2. The van der Waals surface area contributed by atoms with E-state index < -0.39 is 23.6 Å². The number of hydrogen-bond acceptors (Lipinski definition) is 7. The van der Waals surface area contributed by atoms with Gasteiger partial charge in [-0.2, -0.15) is 13.2 Å². The average Bonchev–Trinajstić information content (AvgIpc) is 3.37. The molecule has 41 heavy (non-hydrogen) atoms. The van der Waals surface area contributed by atoms with Crippen molar-refractivity contribution in [3.8, 4) is 17.2 Å². The Kier molecular flexibility index (Phi) is 9.55. The molecule has 0 bridgehead atoms. The maximum absolute atomic E-state index is 13.3. The molecular formula is C27H23BrF3N5O4S. The van der Waals surface area contributed by atoms with Crippen molar-refractivity contribution in [2.75, 3.05) is 25.3 Å². The van der Waals surface area contributed by atoms with Crippen LogP contribution < -0.4 is 20.1 Å². The number of hydrogen-bond donors (Lipinski definition) is 2. The average molecular weight is 650 g/mol. The van der Waals surface area contributed by atoms with Crippen LogP contribution in [0.5, 0.6) is 11.5 Å². The maximum Gasteiger partial charge on any atom is 0.418 e. The van der Waals surface area contributed by atoms with Crippen LogP contribution in [0.2, 0.25) is 0 Å². The van der Waals surface area contributed by atoms with Crippen LogP contribution in [0.15, 0.2) is 76.4 Å². The van der Waals surface area contributed by atoms with E-state index in [1.165, 1.54) is 32.4 Å². The van der Waals surface area contributed by atoms with Crippen molar-refractivity contribution in [1.29, 1.82) is 0 Å². The Morgan fingerprint density at radius 3 is 2.37 bits per heavy atom. The van der Waals surface area contributed by atoms with Crippen molar-refractivity contribution in [2.24, 2.45) is 0 Å². The number of thioether (sulfide) groups is 1. The number of nitrogens with one attached hydrogen (secondary N) is 2. The summed E-state index contributed by atoms with van der Waals surface area (Å²) in [6.07, 6.45) is -4.62. The monoisotopic (exact) mass is 649 g/mol. The van der Waals surface area contributed by atoms with Crippen molar-refractivity contribution in [3.05, 3.63) is 88.2 Å². The van der Waals surface area contributed by atoms with E-state index >= 15 is 0 Å². The fraction of sp³-hybridized carbons (Fsp3) is 0.185. The molecule has 0 atom stereocenters. The Morgan fingerprint density at radius 1 is 0.976 bits per heavy atom. The molecule has 0 saturated carbocycles. The molecule has 0 radical (unpaired) electrons. The first-order valence-corrected chi connectivity index (χ1v) is 13.7. The van der Waals surface area contributed by atoms with Crippen LogP contribution in [0.25, 0.3) is 5.69 Å². The predicted molar refractivity (Wildman–Crippen MR) is 151 cm³/mol. The molecule has 4 rings (SSSR count). The molecule has 0 aliphatic heterocycles. The summed E-state index contributed by atoms with van der Waals surface area (Å²) in [5.74, 6) is -0.0431. The molecule has 9 nitrogen and oxygen atoms in total. The number of halogens is 4. The van der Waals surface area contributed by atoms with Gasteiger partial charge in [-0.3, -0.25) is 14.2 Å². The van der Waals surface area contributed by atoms with Crippen molar-refractivity contribution in [3.63, 3.8) is 0 Å². The van der Waals surface area contributed by atoms with Gasteiger partial charge in [-0.1, -0.05) is 39.8 Å². The molecule has 3 aromatic carbocycles. The van der Waals surface area contributed by atoms with Gasteiger partial charge in [-0.05, 0) is 54.6 Å². The summed E-state index contributed by atoms with van der Waals surface area (Å²) < 4.78 is 52.9. The van der Waals surface area contributed by atoms with E-state index in [4.69, 9.17) is 9.47 Å². The van der Waals surface area contributed by atoms with Crippen LogP contribution in [0.4, 0.5) is 18.9 Å². The van der Waals surface area contributed by atoms with E-state index in [9.17, 15) is 22.8 Å². The number of amides is 2. The molecule has 0 saturated heterocycles. The number of carbonyl (C=O) groups excluding carboxylic acids is 2. The Bertz CT molecular complexity index is 1550. The molecule has 0 aliphatic rings. The standard InChI is InChI=1S/C27H23BrF3N5O4S/c1-39-21-12-7-16(13-22(21)40-2)25(38)32-14-23-34-35-26(36(23)18-10-8-17(28)9-11-18)41-15-24(37)33-20-6-4-3-5-19(20)27(29,30)31/h3-13H,14-15H2,1-2H3,(H,32,38)(H,33,37). The third kappa shape index (κ3) is 7.38. The van der Waals surface area contributed by atoms with Crippen LogP contribution in [0.1, 0.15) is 21.7 Å². The van der Waals surface area contributed by atoms with Crippen LogP contribution in [0, 0.1) is 0 Å². The van der Waals surface area contributed by atoms with E-state index in [-0.39, 0.29) is 18.0 Å².